The van der Waals surface area contributed by atoms with E-state index in [1.165, 1.54) is 116 Å². The first-order valence-electron chi connectivity index (χ1n) is 21.8. The van der Waals surface area contributed by atoms with Crippen molar-refractivity contribution in [3.05, 3.63) is 36.4 Å². The van der Waals surface area contributed by atoms with Gasteiger partial charge in [-0.2, -0.15) is 23.5 Å². The lowest BCUT2D eigenvalue weighted by atomic mass is 9.99. The zero-order valence-electron chi connectivity index (χ0n) is 34.6. The van der Waals surface area contributed by atoms with Gasteiger partial charge in [0.15, 0.2) is 0 Å². The molecular formula is C46H76O6S2. The van der Waals surface area contributed by atoms with Crippen LogP contribution in [0.25, 0.3) is 10.8 Å². The summed E-state index contributed by atoms with van der Waals surface area (Å²) >= 11 is 3.34. The smallest absolute Gasteiger partial charge is 0.348 e. The standard InChI is InChI=1S/C46H76O6S2/c1-5-9-11-13-15-17-19-21-23-25-35-53-37-45(33-7-3,43(47)48)51-41-31-27-30-40-39(41)29-28-32-42(40)52-46(34-8-4,44(49)50)38-54-36-26-24-22-20-18-16-14-12-10-6-2/h27-32H,5-26,33-38H2,1-4H3,(H,47,48)(H,49,50). The molecule has 2 N–H and O–H groups in total. The number of carbonyl (C=O) groups is 2. The van der Waals surface area contributed by atoms with Crippen molar-refractivity contribution in [1.82, 2.24) is 0 Å². The second-order valence-corrected chi connectivity index (χ2v) is 17.6. The van der Waals surface area contributed by atoms with Crippen LogP contribution in [-0.4, -0.2) is 56.4 Å². The number of rotatable bonds is 36. The van der Waals surface area contributed by atoms with E-state index >= 15 is 0 Å². The zero-order chi connectivity index (χ0) is 39.3. The molecule has 6 nitrogen and oxygen atoms in total. The molecule has 308 valence electrons. The molecule has 0 amide bonds. The van der Waals surface area contributed by atoms with E-state index in [1.54, 1.807) is 23.5 Å². The van der Waals surface area contributed by atoms with Crippen LogP contribution in [0.5, 0.6) is 11.5 Å². The van der Waals surface area contributed by atoms with Gasteiger partial charge in [0.05, 0.1) is 0 Å². The molecule has 0 aliphatic heterocycles. The van der Waals surface area contributed by atoms with Gasteiger partial charge in [0.1, 0.15) is 11.5 Å². The van der Waals surface area contributed by atoms with Crippen LogP contribution in [0.2, 0.25) is 0 Å². The highest BCUT2D eigenvalue weighted by Gasteiger charge is 2.42. The third-order valence-corrected chi connectivity index (χ3v) is 13.0. The lowest BCUT2D eigenvalue weighted by Crippen LogP contribution is -2.47. The number of unbranched alkanes of at least 4 members (excludes halogenated alkanes) is 18. The maximum Gasteiger partial charge on any atom is 0.348 e. The first-order chi connectivity index (χ1) is 26.3. The predicted octanol–water partition coefficient (Wildman–Crippen LogP) is 14.2. The Morgan fingerprint density at radius 1 is 0.481 bits per heavy atom. The third kappa shape index (κ3) is 17.8. The lowest BCUT2D eigenvalue weighted by Gasteiger charge is -2.32. The van der Waals surface area contributed by atoms with Gasteiger partial charge in [0, 0.05) is 22.3 Å². The Morgan fingerprint density at radius 3 is 1.09 bits per heavy atom. The van der Waals surface area contributed by atoms with Crippen molar-refractivity contribution in [2.45, 2.75) is 193 Å². The summed E-state index contributed by atoms with van der Waals surface area (Å²) in [5.41, 5.74) is -2.72. The van der Waals surface area contributed by atoms with Crippen LogP contribution in [0.3, 0.4) is 0 Å². The van der Waals surface area contributed by atoms with Gasteiger partial charge in [-0.25, -0.2) is 9.59 Å². The molecule has 0 spiro atoms. The van der Waals surface area contributed by atoms with Gasteiger partial charge >= 0.3 is 11.9 Å². The molecule has 0 saturated carbocycles. The Hall–Kier alpha value is -2.06. The molecule has 0 bridgehead atoms. The molecule has 2 aromatic carbocycles. The van der Waals surface area contributed by atoms with Crippen LogP contribution in [0.1, 0.15) is 182 Å². The number of ether oxygens (including phenoxy) is 2. The van der Waals surface area contributed by atoms with Crippen molar-refractivity contribution in [2.24, 2.45) is 0 Å². The summed E-state index contributed by atoms with van der Waals surface area (Å²) in [4.78, 5) is 25.8. The van der Waals surface area contributed by atoms with Gasteiger partial charge in [-0.1, -0.05) is 180 Å². The largest absolute Gasteiger partial charge is 0.478 e. The van der Waals surface area contributed by atoms with Gasteiger partial charge in [-0.05, 0) is 49.3 Å². The quantitative estimate of drug-likeness (QED) is 0.0660. The van der Waals surface area contributed by atoms with E-state index in [-0.39, 0.29) is 0 Å². The maximum atomic E-state index is 12.9. The predicted molar refractivity (Wildman–Crippen MR) is 234 cm³/mol. The molecule has 0 aromatic heterocycles. The summed E-state index contributed by atoms with van der Waals surface area (Å²) in [7, 11) is 0. The summed E-state index contributed by atoms with van der Waals surface area (Å²) < 4.78 is 13.1. The van der Waals surface area contributed by atoms with Crippen LogP contribution >= 0.6 is 23.5 Å². The minimum atomic E-state index is -1.36. The summed E-state index contributed by atoms with van der Waals surface area (Å²) in [6.45, 7) is 8.50. The normalized spacial score (nSPS) is 13.8. The molecule has 0 fully saturated rings. The summed E-state index contributed by atoms with van der Waals surface area (Å²) in [6, 6.07) is 11.2. The summed E-state index contributed by atoms with van der Waals surface area (Å²) in [5, 5.41) is 22.6. The van der Waals surface area contributed by atoms with Gasteiger partial charge in [0.2, 0.25) is 11.2 Å². The Labute approximate surface area is 338 Å². The molecule has 2 atom stereocenters. The highest BCUT2D eigenvalue weighted by atomic mass is 32.2. The first kappa shape index (κ1) is 48.1. The number of benzene rings is 2. The van der Waals surface area contributed by atoms with Gasteiger partial charge in [0.25, 0.3) is 0 Å². The molecule has 0 heterocycles. The molecule has 2 aromatic rings. The van der Waals surface area contributed by atoms with Gasteiger partial charge in [-0.15, -0.1) is 0 Å². The molecule has 0 saturated heterocycles. The number of carboxylic acids is 2. The van der Waals surface area contributed by atoms with Gasteiger partial charge < -0.3 is 19.7 Å². The number of fused-ring (bicyclic) bond motifs is 1. The highest BCUT2D eigenvalue weighted by Crippen LogP contribution is 2.38. The van der Waals surface area contributed by atoms with E-state index in [1.807, 2.05) is 50.2 Å². The summed E-state index contributed by atoms with van der Waals surface area (Å²) in [6.07, 6.45) is 27.7. The number of hydrogen-bond acceptors (Lipinski definition) is 6. The van der Waals surface area contributed by atoms with E-state index in [9.17, 15) is 19.8 Å². The topological polar surface area (TPSA) is 93.1 Å². The zero-order valence-corrected chi connectivity index (χ0v) is 36.2. The fourth-order valence-electron chi connectivity index (χ4n) is 7.25. The van der Waals surface area contributed by atoms with Crippen molar-refractivity contribution >= 4 is 46.2 Å². The van der Waals surface area contributed by atoms with Crippen molar-refractivity contribution in [1.29, 1.82) is 0 Å². The molecule has 2 rings (SSSR count). The molecule has 8 heteroatoms. The van der Waals surface area contributed by atoms with Crippen LogP contribution in [0.15, 0.2) is 36.4 Å². The average molecular weight is 789 g/mol. The van der Waals surface area contributed by atoms with Crippen LogP contribution in [0, 0.1) is 0 Å². The van der Waals surface area contributed by atoms with E-state index in [0.29, 0.717) is 48.7 Å². The number of aliphatic carboxylic acids is 2. The van der Waals surface area contributed by atoms with Crippen LogP contribution < -0.4 is 9.47 Å². The fourth-order valence-corrected chi connectivity index (χ4v) is 9.66. The Kier molecular flexibility index (Phi) is 26.0. The molecular weight excluding hydrogens is 713 g/mol. The van der Waals surface area contributed by atoms with Crippen molar-refractivity contribution < 1.29 is 29.3 Å². The minimum Gasteiger partial charge on any atom is -0.478 e. The van der Waals surface area contributed by atoms with Crippen molar-refractivity contribution in [3.8, 4) is 11.5 Å². The molecule has 0 aliphatic rings. The monoisotopic (exact) mass is 789 g/mol. The number of thioether (sulfide) groups is 2. The lowest BCUT2D eigenvalue weighted by molar-refractivity contribution is -0.154. The Morgan fingerprint density at radius 2 is 0.796 bits per heavy atom. The van der Waals surface area contributed by atoms with Crippen molar-refractivity contribution in [2.75, 3.05) is 23.0 Å². The second kappa shape index (κ2) is 29.2. The molecule has 54 heavy (non-hydrogen) atoms. The second-order valence-electron chi connectivity index (χ2n) is 15.4. The van der Waals surface area contributed by atoms with Gasteiger partial charge in [-0.3, -0.25) is 0 Å². The van der Waals surface area contributed by atoms with Crippen molar-refractivity contribution in [3.63, 3.8) is 0 Å². The third-order valence-electron chi connectivity index (χ3n) is 10.5. The highest BCUT2D eigenvalue weighted by molar-refractivity contribution is 7.99. The van der Waals surface area contributed by atoms with Crippen LogP contribution in [-0.2, 0) is 9.59 Å². The van der Waals surface area contributed by atoms with E-state index in [0.717, 1.165) is 35.1 Å². The molecule has 0 aliphatic carbocycles. The SMILES string of the molecule is CCCCCCCCCCCCSCC(CCC)(Oc1cccc2c(OC(CCC)(CSCCCCCCCCCCCC)C(=O)O)cccc12)C(=O)O. The fraction of sp³-hybridized carbons (Fsp3) is 0.739. The maximum absolute atomic E-state index is 12.9. The first-order valence-corrected chi connectivity index (χ1v) is 24.1. The van der Waals surface area contributed by atoms with Crippen LogP contribution in [0.4, 0.5) is 0 Å². The minimum absolute atomic E-state index is 0.370. The average Bonchev–Trinajstić information content (AvgIpc) is 3.16. The molecule has 2 unspecified atom stereocenters. The van der Waals surface area contributed by atoms with E-state index in [2.05, 4.69) is 13.8 Å². The molecule has 0 radical (unpaired) electrons. The Balaban J connectivity index is 2.05. The van der Waals surface area contributed by atoms with E-state index in [4.69, 9.17) is 9.47 Å². The van der Waals surface area contributed by atoms with E-state index < -0.39 is 23.1 Å². The summed E-state index contributed by atoms with van der Waals surface area (Å²) in [5.74, 6) is 1.65. The number of carboxylic acid groups (broad SMARTS) is 2. The number of hydrogen-bond donors (Lipinski definition) is 2. The Bertz CT molecular complexity index is 1190.